The van der Waals surface area contributed by atoms with E-state index in [1.165, 1.54) is 11.1 Å². The molecule has 1 heterocycles. The van der Waals surface area contributed by atoms with Crippen molar-refractivity contribution in [2.45, 2.75) is 39.0 Å². The van der Waals surface area contributed by atoms with Crippen molar-refractivity contribution in [3.63, 3.8) is 0 Å². The minimum absolute atomic E-state index is 0.340. The highest BCUT2D eigenvalue weighted by atomic mass is 16.1. The molecule has 1 aliphatic heterocycles. The molecule has 118 valence electrons. The van der Waals surface area contributed by atoms with Gasteiger partial charge in [0.25, 0.3) is 0 Å². The van der Waals surface area contributed by atoms with Crippen LogP contribution in [0.25, 0.3) is 0 Å². The fraction of sp³-hybridized carbons (Fsp3) is 0.450. The standard InChI is InChI=1S/C20H27NO/c1-3-8-17(9-4-2)16-21-14-7-10-18(13-15-21)19-11-5-6-12-20(19)22/h3-4,8-9,11,13H,1,5-7,10,12,14-16H2,2H3/b9-4-,17-8+. The maximum absolute atomic E-state index is 12.1. The first kappa shape index (κ1) is 16.7. The molecule has 0 unspecified atom stereocenters. The molecule has 0 aromatic rings. The molecule has 2 aliphatic rings. The lowest BCUT2D eigenvalue weighted by molar-refractivity contribution is -0.115. The minimum Gasteiger partial charge on any atom is -0.295 e. The Kier molecular flexibility index (Phi) is 6.60. The van der Waals surface area contributed by atoms with E-state index in [0.717, 1.165) is 57.3 Å². The van der Waals surface area contributed by atoms with Gasteiger partial charge in [-0.3, -0.25) is 9.69 Å². The van der Waals surface area contributed by atoms with Crippen molar-refractivity contribution in [1.29, 1.82) is 0 Å². The van der Waals surface area contributed by atoms with E-state index in [1.54, 1.807) is 0 Å². The first-order valence-electron chi connectivity index (χ1n) is 8.34. The maximum atomic E-state index is 12.1. The minimum atomic E-state index is 0.340. The quantitative estimate of drug-likeness (QED) is 0.702. The molecule has 2 heteroatoms. The van der Waals surface area contributed by atoms with Crippen molar-refractivity contribution in [1.82, 2.24) is 4.90 Å². The molecule has 22 heavy (non-hydrogen) atoms. The molecule has 0 amide bonds. The van der Waals surface area contributed by atoms with Gasteiger partial charge < -0.3 is 0 Å². The number of hydrogen-bond donors (Lipinski definition) is 0. The SMILES string of the molecule is C=C/C=C(\C=C/C)CN1CC=C(C2=CCCCC2=O)CCC1. The fourth-order valence-corrected chi connectivity index (χ4v) is 3.17. The van der Waals surface area contributed by atoms with E-state index < -0.39 is 0 Å². The number of carbonyl (C=O) groups is 1. The third-order valence-electron chi connectivity index (χ3n) is 4.24. The van der Waals surface area contributed by atoms with Crippen molar-refractivity contribution < 1.29 is 4.79 Å². The average molecular weight is 297 g/mol. The number of carbonyl (C=O) groups excluding carboxylic acids is 1. The zero-order valence-electron chi connectivity index (χ0n) is 13.7. The molecule has 0 saturated carbocycles. The first-order chi connectivity index (χ1) is 10.7. The fourth-order valence-electron chi connectivity index (χ4n) is 3.17. The summed E-state index contributed by atoms with van der Waals surface area (Å²) in [6.07, 6.45) is 17.5. The van der Waals surface area contributed by atoms with E-state index in [0.29, 0.717) is 5.78 Å². The van der Waals surface area contributed by atoms with Crippen molar-refractivity contribution in [2.75, 3.05) is 19.6 Å². The van der Waals surface area contributed by atoms with Crippen molar-refractivity contribution in [3.8, 4) is 0 Å². The Hall–Kier alpha value is -1.67. The zero-order valence-corrected chi connectivity index (χ0v) is 13.7. The van der Waals surface area contributed by atoms with Crippen LogP contribution in [-0.2, 0) is 4.79 Å². The Bertz CT molecular complexity index is 534. The van der Waals surface area contributed by atoms with Gasteiger partial charge in [-0.05, 0) is 50.3 Å². The van der Waals surface area contributed by atoms with Gasteiger partial charge in [0.15, 0.2) is 5.78 Å². The van der Waals surface area contributed by atoms with Crippen LogP contribution in [0.2, 0.25) is 0 Å². The number of Topliss-reactive ketones (excluding diaryl/α,β-unsaturated/α-hetero) is 1. The monoisotopic (exact) mass is 297 g/mol. The van der Waals surface area contributed by atoms with Gasteiger partial charge in [-0.1, -0.05) is 43.0 Å². The van der Waals surface area contributed by atoms with E-state index in [-0.39, 0.29) is 0 Å². The van der Waals surface area contributed by atoms with Crippen LogP contribution in [0.5, 0.6) is 0 Å². The molecule has 0 N–H and O–H groups in total. The lowest BCUT2D eigenvalue weighted by atomic mass is 9.90. The summed E-state index contributed by atoms with van der Waals surface area (Å²) >= 11 is 0. The van der Waals surface area contributed by atoms with Gasteiger partial charge in [-0.25, -0.2) is 0 Å². The molecule has 1 aliphatic carbocycles. The molecule has 2 nitrogen and oxygen atoms in total. The maximum Gasteiger partial charge on any atom is 0.162 e. The van der Waals surface area contributed by atoms with Crippen LogP contribution in [0.15, 0.2) is 59.8 Å². The predicted octanol–water partition coefficient (Wildman–Crippen LogP) is 4.38. The number of rotatable bonds is 5. The number of allylic oxidation sites excluding steroid dienone is 6. The van der Waals surface area contributed by atoms with Crippen LogP contribution in [0.3, 0.4) is 0 Å². The van der Waals surface area contributed by atoms with Gasteiger partial charge >= 0.3 is 0 Å². The Morgan fingerprint density at radius 3 is 2.91 bits per heavy atom. The summed E-state index contributed by atoms with van der Waals surface area (Å²) < 4.78 is 0. The van der Waals surface area contributed by atoms with Gasteiger partial charge in [0, 0.05) is 25.1 Å². The molecule has 0 atom stereocenters. The highest BCUT2D eigenvalue weighted by Gasteiger charge is 2.19. The average Bonchev–Trinajstić information content (AvgIpc) is 2.74. The molecular weight excluding hydrogens is 270 g/mol. The molecule has 0 aromatic carbocycles. The molecule has 0 saturated heterocycles. The van der Waals surface area contributed by atoms with E-state index in [2.05, 4.69) is 41.9 Å². The molecule has 0 fully saturated rings. The van der Waals surface area contributed by atoms with Crippen LogP contribution < -0.4 is 0 Å². The normalized spacial score (nSPS) is 21.5. The summed E-state index contributed by atoms with van der Waals surface area (Å²) in [4.78, 5) is 14.5. The smallest absolute Gasteiger partial charge is 0.162 e. The second-order valence-corrected chi connectivity index (χ2v) is 5.98. The summed E-state index contributed by atoms with van der Waals surface area (Å²) in [7, 11) is 0. The highest BCUT2D eigenvalue weighted by Crippen LogP contribution is 2.26. The largest absolute Gasteiger partial charge is 0.295 e. The van der Waals surface area contributed by atoms with Crippen LogP contribution in [0, 0.1) is 0 Å². The number of hydrogen-bond acceptors (Lipinski definition) is 2. The third kappa shape index (κ3) is 4.67. The van der Waals surface area contributed by atoms with Crippen molar-refractivity contribution in [2.24, 2.45) is 0 Å². The van der Waals surface area contributed by atoms with E-state index in [4.69, 9.17) is 0 Å². The second kappa shape index (κ2) is 8.70. The van der Waals surface area contributed by atoms with E-state index >= 15 is 0 Å². The van der Waals surface area contributed by atoms with Gasteiger partial charge in [0.1, 0.15) is 0 Å². The Labute approximate surface area is 134 Å². The lowest BCUT2D eigenvalue weighted by Gasteiger charge is -2.19. The summed E-state index contributed by atoms with van der Waals surface area (Å²) in [6.45, 7) is 8.77. The molecular formula is C20H27NO. The van der Waals surface area contributed by atoms with Gasteiger partial charge in [-0.2, -0.15) is 0 Å². The Morgan fingerprint density at radius 2 is 2.18 bits per heavy atom. The molecule has 2 rings (SSSR count). The summed E-state index contributed by atoms with van der Waals surface area (Å²) in [6, 6.07) is 0. The van der Waals surface area contributed by atoms with Crippen LogP contribution in [-0.4, -0.2) is 30.3 Å². The summed E-state index contributed by atoms with van der Waals surface area (Å²) in [5, 5.41) is 0. The molecule has 0 spiro atoms. The molecule has 0 radical (unpaired) electrons. The second-order valence-electron chi connectivity index (χ2n) is 5.98. The topological polar surface area (TPSA) is 20.3 Å². The zero-order chi connectivity index (χ0) is 15.8. The van der Waals surface area contributed by atoms with Gasteiger partial charge in [0.05, 0.1) is 0 Å². The lowest BCUT2D eigenvalue weighted by Crippen LogP contribution is -2.26. The van der Waals surface area contributed by atoms with E-state index in [9.17, 15) is 4.79 Å². The number of nitrogens with zero attached hydrogens (tertiary/aromatic N) is 1. The summed E-state index contributed by atoms with van der Waals surface area (Å²) in [5.41, 5.74) is 3.55. The van der Waals surface area contributed by atoms with Crippen LogP contribution in [0.4, 0.5) is 0 Å². The summed E-state index contributed by atoms with van der Waals surface area (Å²) in [5.74, 6) is 0.340. The number of ketones is 1. The third-order valence-corrected chi connectivity index (χ3v) is 4.24. The van der Waals surface area contributed by atoms with E-state index in [1.807, 2.05) is 13.0 Å². The molecule has 0 bridgehead atoms. The van der Waals surface area contributed by atoms with Gasteiger partial charge in [-0.15, -0.1) is 0 Å². The highest BCUT2D eigenvalue weighted by molar-refractivity contribution is 6.00. The molecule has 0 aromatic heterocycles. The van der Waals surface area contributed by atoms with Crippen LogP contribution in [0.1, 0.15) is 39.0 Å². The first-order valence-corrected chi connectivity index (χ1v) is 8.34. The van der Waals surface area contributed by atoms with Crippen molar-refractivity contribution in [3.05, 3.63) is 59.8 Å². The Morgan fingerprint density at radius 1 is 1.32 bits per heavy atom. The van der Waals surface area contributed by atoms with Crippen molar-refractivity contribution >= 4 is 5.78 Å². The van der Waals surface area contributed by atoms with Crippen LogP contribution >= 0.6 is 0 Å². The predicted molar refractivity (Wildman–Crippen MR) is 93.8 cm³/mol. The Balaban J connectivity index is 2.04. The van der Waals surface area contributed by atoms with Gasteiger partial charge in [0.2, 0.25) is 0 Å².